The Hall–Kier alpha value is -2.40. The lowest BCUT2D eigenvalue weighted by Crippen LogP contribution is -2.42. The van der Waals surface area contributed by atoms with E-state index in [1.54, 1.807) is 6.33 Å². The summed E-state index contributed by atoms with van der Waals surface area (Å²) in [7, 11) is 2.19. The second-order valence-electron chi connectivity index (χ2n) is 5.88. The summed E-state index contributed by atoms with van der Waals surface area (Å²) in [5.41, 5.74) is 3.78. The third-order valence-electron chi connectivity index (χ3n) is 4.48. The number of H-pyrrole nitrogens is 1. The Morgan fingerprint density at radius 2 is 2.09 bits per heavy atom. The number of fused-ring (bicyclic) bond motifs is 2. The van der Waals surface area contributed by atoms with Crippen molar-refractivity contribution >= 4 is 16.9 Å². The van der Waals surface area contributed by atoms with Crippen molar-refractivity contribution in [2.24, 2.45) is 0 Å². The van der Waals surface area contributed by atoms with Crippen LogP contribution in [0.2, 0.25) is 0 Å². The number of hydrogen-bond acceptors (Lipinski definition) is 4. The zero-order chi connectivity index (χ0) is 14.9. The van der Waals surface area contributed by atoms with E-state index in [0.29, 0.717) is 6.04 Å². The number of nitrogens with one attached hydrogen (secondary N) is 2. The molecule has 0 saturated carbocycles. The molecule has 0 aliphatic carbocycles. The number of rotatable bonds is 3. The van der Waals surface area contributed by atoms with E-state index in [-0.39, 0.29) is 0 Å². The fourth-order valence-electron chi connectivity index (χ4n) is 3.17. The first kappa shape index (κ1) is 13.3. The van der Waals surface area contributed by atoms with E-state index in [2.05, 4.69) is 56.5 Å². The van der Waals surface area contributed by atoms with Crippen LogP contribution < -0.4 is 5.32 Å². The van der Waals surface area contributed by atoms with E-state index in [0.717, 1.165) is 36.4 Å². The SMILES string of the molecule is CN1Cc2ccccc2CC1CNc1ncnc2[nH]ccc12. The van der Waals surface area contributed by atoms with Crippen LogP contribution in [0.15, 0.2) is 42.9 Å². The highest BCUT2D eigenvalue weighted by Gasteiger charge is 2.23. The highest BCUT2D eigenvalue weighted by Crippen LogP contribution is 2.23. The average Bonchev–Trinajstić information content (AvgIpc) is 3.02. The number of hydrogen-bond donors (Lipinski definition) is 2. The third-order valence-corrected chi connectivity index (χ3v) is 4.48. The first-order valence-corrected chi connectivity index (χ1v) is 7.60. The molecule has 3 aromatic rings. The molecule has 0 radical (unpaired) electrons. The molecular weight excluding hydrogens is 274 g/mol. The average molecular weight is 293 g/mol. The van der Waals surface area contributed by atoms with Gasteiger partial charge in [0.2, 0.25) is 0 Å². The van der Waals surface area contributed by atoms with E-state index in [9.17, 15) is 0 Å². The molecule has 5 nitrogen and oxygen atoms in total. The lowest BCUT2D eigenvalue weighted by atomic mass is 9.94. The molecule has 3 heterocycles. The first-order chi connectivity index (χ1) is 10.8. The molecule has 0 spiro atoms. The summed E-state index contributed by atoms with van der Waals surface area (Å²) >= 11 is 0. The molecule has 1 unspecified atom stereocenters. The second-order valence-corrected chi connectivity index (χ2v) is 5.88. The number of benzene rings is 1. The maximum Gasteiger partial charge on any atom is 0.142 e. The van der Waals surface area contributed by atoms with Crippen molar-refractivity contribution < 1.29 is 0 Å². The Labute approximate surface area is 129 Å². The summed E-state index contributed by atoms with van der Waals surface area (Å²) in [6, 6.07) is 11.2. The van der Waals surface area contributed by atoms with Crippen molar-refractivity contribution in [1.29, 1.82) is 0 Å². The predicted octanol–water partition coefficient (Wildman–Crippen LogP) is 2.43. The van der Waals surface area contributed by atoms with E-state index < -0.39 is 0 Å². The van der Waals surface area contributed by atoms with Gasteiger partial charge in [-0.2, -0.15) is 0 Å². The van der Waals surface area contributed by atoms with Gasteiger partial charge in [-0.3, -0.25) is 4.90 Å². The van der Waals surface area contributed by atoms with Gasteiger partial charge in [-0.1, -0.05) is 24.3 Å². The molecule has 0 amide bonds. The van der Waals surface area contributed by atoms with Crippen LogP contribution in [-0.2, 0) is 13.0 Å². The van der Waals surface area contributed by atoms with Gasteiger partial charge >= 0.3 is 0 Å². The monoisotopic (exact) mass is 293 g/mol. The van der Waals surface area contributed by atoms with Gasteiger partial charge in [-0.15, -0.1) is 0 Å². The topological polar surface area (TPSA) is 56.8 Å². The van der Waals surface area contributed by atoms with Gasteiger partial charge in [0.15, 0.2) is 0 Å². The van der Waals surface area contributed by atoms with Crippen molar-refractivity contribution in [3.8, 4) is 0 Å². The Balaban J connectivity index is 1.51. The standard InChI is InChI=1S/C17H19N5/c1-22-10-13-5-3-2-4-12(13)8-14(22)9-19-17-15-6-7-18-16(15)20-11-21-17/h2-7,11,14H,8-10H2,1H3,(H2,18,19,20,21). The molecule has 2 aromatic heterocycles. The van der Waals surface area contributed by atoms with Crippen LogP contribution in [0.25, 0.3) is 11.0 Å². The Morgan fingerprint density at radius 1 is 1.23 bits per heavy atom. The number of aromatic amines is 1. The molecule has 0 saturated heterocycles. The normalized spacial score (nSPS) is 18.3. The molecule has 1 aliphatic rings. The summed E-state index contributed by atoms with van der Waals surface area (Å²) in [5, 5.41) is 4.53. The van der Waals surface area contributed by atoms with Crippen LogP contribution in [0.5, 0.6) is 0 Å². The first-order valence-electron chi connectivity index (χ1n) is 7.60. The number of nitrogens with zero attached hydrogens (tertiary/aromatic N) is 3. The predicted molar refractivity (Wildman–Crippen MR) is 87.8 cm³/mol. The minimum Gasteiger partial charge on any atom is -0.368 e. The summed E-state index contributed by atoms with van der Waals surface area (Å²) < 4.78 is 0. The van der Waals surface area contributed by atoms with Crippen molar-refractivity contribution in [3.05, 3.63) is 54.0 Å². The summed E-state index contributed by atoms with van der Waals surface area (Å²) in [6.07, 6.45) is 4.57. The minimum absolute atomic E-state index is 0.471. The molecule has 5 heteroatoms. The number of likely N-dealkylation sites (N-methyl/N-ethyl adjacent to an activating group) is 1. The molecule has 0 bridgehead atoms. The molecule has 1 atom stereocenters. The fourth-order valence-corrected chi connectivity index (χ4v) is 3.17. The number of anilines is 1. The zero-order valence-electron chi connectivity index (χ0n) is 12.6. The molecule has 1 aromatic carbocycles. The zero-order valence-corrected chi connectivity index (χ0v) is 12.6. The van der Waals surface area contributed by atoms with Crippen LogP contribution in [0.1, 0.15) is 11.1 Å². The molecule has 2 N–H and O–H groups in total. The molecule has 112 valence electrons. The van der Waals surface area contributed by atoms with Gasteiger partial charge in [0.1, 0.15) is 17.8 Å². The summed E-state index contributed by atoms with van der Waals surface area (Å²) in [6.45, 7) is 1.88. The van der Waals surface area contributed by atoms with E-state index in [4.69, 9.17) is 0 Å². The van der Waals surface area contributed by atoms with Crippen LogP contribution >= 0.6 is 0 Å². The van der Waals surface area contributed by atoms with Crippen molar-refractivity contribution in [1.82, 2.24) is 19.9 Å². The van der Waals surface area contributed by atoms with Crippen LogP contribution in [0, 0.1) is 0 Å². The summed E-state index contributed by atoms with van der Waals surface area (Å²) in [5.74, 6) is 0.901. The Kier molecular flexibility index (Phi) is 3.27. The van der Waals surface area contributed by atoms with Gasteiger partial charge in [0, 0.05) is 25.3 Å². The maximum absolute atomic E-state index is 4.37. The molecule has 22 heavy (non-hydrogen) atoms. The smallest absolute Gasteiger partial charge is 0.142 e. The van der Waals surface area contributed by atoms with Gasteiger partial charge in [-0.05, 0) is 30.7 Å². The minimum atomic E-state index is 0.471. The summed E-state index contributed by atoms with van der Waals surface area (Å²) in [4.78, 5) is 14.1. The van der Waals surface area contributed by atoms with Gasteiger partial charge < -0.3 is 10.3 Å². The highest BCUT2D eigenvalue weighted by molar-refractivity contribution is 5.86. The van der Waals surface area contributed by atoms with E-state index in [1.165, 1.54) is 11.1 Å². The molecule has 4 rings (SSSR count). The van der Waals surface area contributed by atoms with Gasteiger partial charge in [0.05, 0.1) is 5.39 Å². The van der Waals surface area contributed by atoms with Crippen LogP contribution in [0.3, 0.4) is 0 Å². The lowest BCUT2D eigenvalue weighted by Gasteiger charge is -2.34. The molecule has 1 aliphatic heterocycles. The van der Waals surface area contributed by atoms with Crippen LogP contribution in [-0.4, -0.2) is 39.5 Å². The van der Waals surface area contributed by atoms with E-state index >= 15 is 0 Å². The third kappa shape index (κ3) is 2.33. The van der Waals surface area contributed by atoms with Crippen molar-refractivity contribution in [2.45, 2.75) is 19.0 Å². The fraction of sp³-hybridized carbons (Fsp3) is 0.294. The molecule has 0 fully saturated rings. The highest BCUT2D eigenvalue weighted by atomic mass is 15.2. The Morgan fingerprint density at radius 3 is 3.00 bits per heavy atom. The number of aromatic nitrogens is 3. The second kappa shape index (κ2) is 5.42. The van der Waals surface area contributed by atoms with Crippen molar-refractivity contribution in [2.75, 3.05) is 18.9 Å². The largest absolute Gasteiger partial charge is 0.368 e. The Bertz CT molecular complexity index is 794. The molecular formula is C17H19N5. The van der Waals surface area contributed by atoms with E-state index in [1.807, 2.05) is 12.3 Å². The quantitative estimate of drug-likeness (QED) is 0.778. The van der Waals surface area contributed by atoms with Crippen LogP contribution in [0.4, 0.5) is 5.82 Å². The van der Waals surface area contributed by atoms with Crippen molar-refractivity contribution in [3.63, 3.8) is 0 Å². The maximum atomic E-state index is 4.37. The van der Waals surface area contributed by atoms with Gasteiger partial charge in [-0.25, -0.2) is 9.97 Å². The van der Waals surface area contributed by atoms with Gasteiger partial charge in [0.25, 0.3) is 0 Å². The lowest BCUT2D eigenvalue weighted by molar-refractivity contribution is 0.225.